The highest BCUT2D eigenvalue weighted by molar-refractivity contribution is 6.08. The van der Waals surface area contributed by atoms with E-state index in [9.17, 15) is 4.79 Å². The normalized spacial score (nSPS) is 10.3. The molecule has 0 saturated carbocycles. The molecule has 5 heteroatoms. The van der Waals surface area contributed by atoms with Gasteiger partial charge in [-0.25, -0.2) is 4.98 Å². The third-order valence-electron chi connectivity index (χ3n) is 3.03. The van der Waals surface area contributed by atoms with Gasteiger partial charge in [0.25, 0.3) is 0 Å². The monoisotopic (exact) mass is 274 g/mol. The van der Waals surface area contributed by atoms with Gasteiger partial charge in [-0.05, 0) is 24.6 Å². The standard InChI is InChI=1S/C15H18N2O3/c1-4-8-17-9-7-16-15(17)14(18)12-10-11(19-2)5-6-13(12)20-3/h5-7,9-10H,4,8H2,1-3H3. The summed E-state index contributed by atoms with van der Waals surface area (Å²) in [5.74, 6) is 1.38. The molecule has 0 aliphatic carbocycles. The summed E-state index contributed by atoms with van der Waals surface area (Å²) in [6.45, 7) is 2.81. The minimum Gasteiger partial charge on any atom is -0.497 e. The van der Waals surface area contributed by atoms with Gasteiger partial charge >= 0.3 is 0 Å². The van der Waals surface area contributed by atoms with Crippen molar-refractivity contribution in [3.63, 3.8) is 0 Å². The summed E-state index contributed by atoms with van der Waals surface area (Å²) in [4.78, 5) is 16.8. The SMILES string of the molecule is CCCn1ccnc1C(=O)c1cc(OC)ccc1OC. The van der Waals surface area contributed by atoms with E-state index in [-0.39, 0.29) is 5.78 Å². The second kappa shape index (κ2) is 6.23. The highest BCUT2D eigenvalue weighted by Crippen LogP contribution is 2.26. The zero-order chi connectivity index (χ0) is 14.5. The van der Waals surface area contributed by atoms with Crippen LogP contribution < -0.4 is 9.47 Å². The van der Waals surface area contributed by atoms with Gasteiger partial charge < -0.3 is 14.0 Å². The van der Waals surface area contributed by atoms with E-state index in [1.54, 1.807) is 31.5 Å². The smallest absolute Gasteiger partial charge is 0.232 e. The van der Waals surface area contributed by atoms with E-state index in [1.165, 1.54) is 7.11 Å². The van der Waals surface area contributed by atoms with Gasteiger partial charge in [-0.3, -0.25) is 4.79 Å². The average Bonchev–Trinajstić information content (AvgIpc) is 2.94. The quantitative estimate of drug-likeness (QED) is 0.760. The third kappa shape index (κ3) is 2.66. The van der Waals surface area contributed by atoms with Crippen LogP contribution in [0.2, 0.25) is 0 Å². The predicted octanol–water partition coefficient (Wildman–Crippen LogP) is 2.54. The molecule has 0 spiro atoms. The number of ketones is 1. The molecule has 1 aromatic carbocycles. The van der Waals surface area contributed by atoms with Gasteiger partial charge in [0.1, 0.15) is 11.5 Å². The number of hydrogen-bond acceptors (Lipinski definition) is 4. The van der Waals surface area contributed by atoms with Crippen LogP contribution in [0.25, 0.3) is 0 Å². The topological polar surface area (TPSA) is 53.4 Å². The van der Waals surface area contributed by atoms with Crippen LogP contribution in [0.3, 0.4) is 0 Å². The first kappa shape index (κ1) is 14.1. The molecular formula is C15H18N2O3. The number of aromatic nitrogens is 2. The Balaban J connectivity index is 2.44. The molecule has 0 aliphatic heterocycles. The van der Waals surface area contributed by atoms with Gasteiger partial charge in [0, 0.05) is 18.9 Å². The molecule has 0 bridgehead atoms. The van der Waals surface area contributed by atoms with Gasteiger partial charge in [-0.15, -0.1) is 0 Å². The van der Waals surface area contributed by atoms with Gasteiger partial charge in [0.05, 0.1) is 19.8 Å². The summed E-state index contributed by atoms with van der Waals surface area (Å²) in [5, 5.41) is 0. The first-order valence-corrected chi connectivity index (χ1v) is 6.49. The van der Waals surface area contributed by atoms with Crippen LogP contribution in [-0.2, 0) is 6.54 Å². The lowest BCUT2D eigenvalue weighted by Crippen LogP contribution is -2.12. The first-order chi connectivity index (χ1) is 9.71. The third-order valence-corrected chi connectivity index (χ3v) is 3.03. The zero-order valence-electron chi connectivity index (χ0n) is 11.9. The molecule has 1 heterocycles. The Morgan fingerprint density at radius 3 is 2.75 bits per heavy atom. The summed E-state index contributed by atoms with van der Waals surface area (Å²) < 4.78 is 12.3. The van der Waals surface area contributed by atoms with Crippen molar-refractivity contribution >= 4 is 5.78 Å². The maximum Gasteiger partial charge on any atom is 0.232 e. The van der Waals surface area contributed by atoms with Crippen LogP contribution in [0.1, 0.15) is 29.5 Å². The van der Waals surface area contributed by atoms with Crippen LogP contribution in [0.5, 0.6) is 11.5 Å². The van der Waals surface area contributed by atoms with E-state index in [1.807, 2.05) is 10.8 Å². The lowest BCUT2D eigenvalue weighted by Gasteiger charge is -2.10. The van der Waals surface area contributed by atoms with Crippen LogP contribution >= 0.6 is 0 Å². The fourth-order valence-corrected chi connectivity index (χ4v) is 2.05. The molecule has 0 unspecified atom stereocenters. The van der Waals surface area contributed by atoms with E-state index in [0.29, 0.717) is 22.9 Å². The molecule has 106 valence electrons. The molecule has 0 saturated heterocycles. The minimum absolute atomic E-state index is 0.167. The Kier molecular flexibility index (Phi) is 4.40. The van der Waals surface area contributed by atoms with Gasteiger partial charge in [0.2, 0.25) is 5.78 Å². The molecule has 0 N–H and O–H groups in total. The lowest BCUT2D eigenvalue weighted by atomic mass is 10.1. The Morgan fingerprint density at radius 2 is 2.10 bits per heavy atom. The fourth-order valence-electron chi connectivity index (χ4n) is 2.05. The summed E-state index contributed by atoms with van der Waals surface area (Å²) >= 11 is 0. The molecule has 1 aromatic heterocycles. The number of methoxy groups -OCH3 is 2. The number of ether oxygens (including phenoxy) is 2. The van der Waals surface area contributed by atoms with Crippen molar-refractivity contribution in [2.75, 3.05) is 14.2 Å². The summed E-state index contributed by atoms with van der Waals surface area (Å²) in [6.07, 6.45) is 4.38. The maximum absolute atomic E-state index is 12.6. The second-order valence-corrected chi connectivity index (χ2v) is 4.34. The Hall–Kier alpha value is -2.30. The lowest BCUT2D eigenvalue weighted by molar-refractivity contribution is 0.102. The molecule has 0 amide bonds. The van der Waals surface area contributed by atoms with Gasteiger partial charge in [-0.1, -0.05) is 6.92 Å². The highest BCUT2D eigenvalue weighted by atomic mass is 16.5. The molecule has 2 rings (SSSR count). The highest BCUT2D eigenvalue weighted by Gasteiger charge is 2.19. The molecule has 0 atom stereocenters. The van der Waals surface area contributed by atoms with Crippen LogP contribution in [0.15, 0.2) is 30.6 Å². The molecule has 0 aliphatic rings. The first-order valence-electron chi connectivity index (χ1n) is 6.49. The van der Waals surface area contributed by atoms with E-state index in [4.69, 9.17) is 9.47 Å². The van der Waals surface area contributed by atoms with E-state index in [0.717, 1.165) is 13.0 Å². The van der Waals surface area contributed by atoms with Crippen molar-refractivity contribution in [2.45, 2.75) is 19.9 Å². The van der Waals surface area contributed by atoms with Crippen LogP contribution in [0.4, 0.5) is 0 Å². The van der Waals surface area contributed by atoms with Crippen LogP contribution in [-0.4, -0.2) is 29.6 Å². The summed E-state index contributed by atoms with van der Waals surface area (Å²) in [6, 6.07) is 5.15. The molecule has 0 fully saturated rings. The number of imidazole rings is 1. The van der Waals surface area contributed by atoms with Crippen molar-refractivity contribution in [3.05, 3.63) is 42.0 Å². The number of carbonyl (C=O) groups excluding carboxylic acids is 1. The molecular weight excluding hydrogens is 256 g/mol. The van der Waals surface area contributed by atoms with E-state index in [2.05, 4.69) is 11.9 Å². The van der Waals surface area contributed by atoms with E-state index >= 15 is 0 Å². The Bertz CT molecular complexity index is 605. The number of rotatable bonds is 6. The summed E-state index contributed by atoms with van der Waals surface area (Å²) in [7, 11) is 3.10. The number of hydrogen-bond donors (Lipinski definition) is 0. The molecule has 20 heavy (non-hydrogen) atoms. The minimum atomic E-state index is -0.167. The van der Waals surface area contributed by atoms with Crippen molar-refractivity contribution < 1.29 is 14.3 Å². The van der Waals surface area contributed by atoms with Gasteiger partial charge in [0.15, 0.2) is 5.82 Å². The summed E-state index contributed by atoms with van der Waals surface area (Å²) in [5.41, 5.74) is 0.454. The predicted molar refractivity (Wildman–Crippen MR) is 75.5 cm³/mol. The number of nitrogens with zero attached hydrogens (tertiary/aromatic N) is 2. The van der Waals surface area contributed by atoms with Crippen molar-refractivity contribution in [3.8, 4) is 11.5 Å². The van der Waals surface area contributed by atoms with E-state index < -0.39 is 0 Å². The largest absolute Gasteiger partial charge is 0.497 e. The maximum atomic E-state index is 12.6. The fraction of sp³-hybridized carbons (Fsp3) is 0.333. The average molecular weight is 274 g/mol. The molecule has 2 aromatic rings. The van der Waals surface area contributed by atoms with Crippen molar-refractivity contribution in [2.24, 2.45) is 0 Å². The number of aryl methyl sites for hydroxylation is 1. The van der Waals surface area contributed by atoms with Crippen molar-refractivity contribution in [1.29, 1.82) is 0 Å². The van der Waals surface area contributed by atoms with Crippen LogP contribution in [0, 0.1) is 0 Å². The Labute approximate surface area is 118 Å². The second-order valence-electron chi connectivity index (χ2n) is 4.34. The number of benzene rings is 1. The zero-order valence-corrected chi connectivity index (χ0v) is 11.9. The molecule has 0 radical (unpaired) electrons. The molecule has 5 nitrogen and oxygen atoms in total. The van der Waals surface area contributed by atoms with Crippen molar-refractivity contribution in [1.82, 2.24) is 9.55 Å². The number of carbonyl (C=O) groups is 1. The van der Waals surface area contributed by atoms with Gasteiger partial charge in [-0.2, -0.15) is 0 Å². The Morgan fingerprint density at radius 1 is 1.30 bits per heavy atom.